The van der Waals surface area contributed by atoms with Crippen LogP contribution in [0.2, 0.25) is 0 Å². The molecule has 0 aliphatic carbocycles. The monoisotopic (exact) mass is 213 g/mol. The summed E-state index contributed by atoms with van der Waals surface area (Å²) < 4.78 is 10.2. The van der Waals surface area contributed by atoms with Gasteiger partial charge < -0.3 is 14.5 Å². The zero-order chi connectivity index (χ0) is 11.5. The van der Waals surface area contributed by atoms with Crippen LogP contribution in [0.3, 0.4) is 0 Å². The van der Waals surface area contributed by atoms with Crippen molar-refractivity contribution in [1.29, 1.82) is 0 Å². The van der Waals surface area contributed by atoms with Crippen molar-refractivity contribution in [1.82, 2.24) is 4.98 Å². The number of hydrogen-bond acceptors (Lipinski definition) is 3. The van der Waals surface area contributed by atoms with Crippen molar-refractivity contribution in [2.45, 2.75) is 20.3 Å². The number of pyridine rings is 1. The van der Waals surface area contributed by atoms with E-state index in [1.165, 1.54) is 6.07 Å². The number of nitrogens with one attached hydrogen (secondary N) is 1. The predicted molar refractivity (Wildman–Crippen MR) is 60.4 cm³/mol. The van der Waals surface area contributed by atoms with Crippen molar-refractivity contribution in [3.8, 4) is 5.75 Å². The first-order chi connectivity index (χ1) is 7.33. The second-order valence-corrected chi connectivity index (χ2v) is 2.58. The molecule has 0 aromatic carbocycles. The summed E-state index contributed by atoms with van der Waals surface area (Å²) in [7, 11) is 1.65. The molecule has 1 aromatic rings. The highest BCUT2D eigenvalue weighted by atomic mass is 16.5. The summed E-state index contributed by atoms with van der Waals surface area (Å²) in [6.07, 6.45) is 2.39. The van der Waals surface area contributed by atoms with Crippen molar-refractivity contribution in [3.05, 3.63) is 28.7 Å². The van der Waals surface area contributed by atoms with Crippen molar-refractivity contribution in [3.63, 3.8) is 0 Å². The molecule has 0 atom stereocenters. The second-order valence-electron chi connectivity index (χ2n) is 2.58. The van der Waals surface area contributed by atoms with E-state index in [9.17, 15) is 4.79 Å². The first-order valence-corrected chi connectivity index (χ1v) is 5.13. The molecule has 1 aromatic heterocycles. The highest BCUT2D eigenvalue weighted by Crippen LogP contribution is 2.04. The predicted octanol–water partition coefficient (Wildman–Crippen LogP) is 1.82. The zero-order valence-corrected chi connectivity index (χ0v) is 9.58. The quantitative estimate of drug-likeness (QED) is 0.759. The molecule has 0 unspecified atom stereocenters. The summed E-state index contributed by atoms with van der Waals surface area (Å²) in [4.78, 5) is 13.2. The highest BCUT2D eigenvalue weighted by Gasteiger charge is 1.92. The molecule has 0 aliphatic rings. The molecular formula is C11H19NO3. The number of hydrogen-bond donors (Lipinski definition) is 1. The van der Waals surface area contributed by atoms with Gasteiger partial charge in [-0.25, -0.2) is 0 Å². The van der Waals surface area contributed by atoms with Crippen LogP contribution in [0.4, 0.5) is 0 Å². The Morgan fingerprint density at radius 1 is 1.27 bits per heavy atom. The summed E-state index contributed by atoms with van der Waals surface area (Å²) in [6.45, 7) is 5.28. The van der Waals surface area contributed by atoms with Gasteiger partial charge in [-0.2, -0.15) is 0 Å². The molecule has 0 radical (unpaired) electrons. The third-order valence-electron chi connectivity index (χ3n) is 1.52. The molecule has 0 amide bonds. The van der Waals surface area contributed by atoms with E-state index in [0.29, 0.717) is 19.0 Å². The average Bonchev–Trinajstić information content (AvgIpc) is 2.30. The minimum absolute atomic E-state index is 0.121. The summed E-state index contributed by atoms with van der Waals surface area (Å²) in [5, 5.41) is 0. The van der Waals surface area contributed by atoms with Crippen LogP contribution in [-0.4, -0.2) is 25.3 Å². The van der Waals surface area contributed by atoms with E-state index in [4.69, 9.17) is 9.47 Å². The molecule has 0 saturated heterocycles. The van der Waals surface area contributed by atoms with E-state index in [1.807, 2.05) is 13.8 Å². The fourth-order valence-corrected chi connectivity index (χ4v) is 0.879. The van der Waals surface area contributed by atoms with Crippen LogP contribution in [0.5, 0.6) is 5.75 Å². The Kier molecular flexibility index (Phi) is 8.47. The normalized spacial score (nSPS) is 9.00. The molecule has 0 aliphatic heterocycles. The third kappa shape index (κ3) is 6.74. The first-order valence-electron chi connectivity index (χ1n) is 5.13. The number of aromatic amines is 1. The maximum Gasteiger partial charge on any atom is 0.248 e. The van der Waals surface area contributed by atoms with Crippen LogP contribution in [0.1, 0.15) is 20.3 Å². The van der Waals surface area contributed by atoms with E-state index >= 15 is 0 Å². The lowest BCUT2D eigenvalue weighted by Gasteiger charge is -2.03. The molecule has 0 saturated carbocycles. The van der Waals surface area contributed by atoms with E-state index in [2.05, 4.69) is 4.98 Å². The number of aromatic nitrogens is 1. The molecule has 4 heteroatoms. The van der Waals surface area contributed by atoms with Crippen molar-refractivity contribution in [2.75, 3.05) is 20.3 Å². The van der Waals surface area contributed by atoms with Gasteiger partial charge in [0.05, 0.1) is 6.61 Å². The van der Waals surface area contributed by atoms with E-state index < -0.39 is 0 Å². The van der Waals surface area contributed by atoms with Gasteiger partial charge in [0.15, 0.2) is 0 Å². The summed E-state index contributed by atoms with van der Waals surface area (Å²) in [5.41, 5.74) is -0.121. The van der Waals surface area contributed by atoms with Gasteiger partial charge in [-0.15, -0.1) is 0 Å². The lowest BCUT2D eigenvalue weighted by Crippen LogP contribution is -2.05. The maximum atomic E-state index is 10.7. The van der Waals surface area contributed by atoms with E-state index in [-0.39, 0.29) is 5.56 Å². The molecule has 15 heavy (non-hydrogen) atoms. The van der Waals surface area contributed by atoms with Gasteiger partial charge in [0.1, 0.15) is 5.75 Å². The molecule has 0 bridgehead atoms. The number of methoxy groups -OCH3 is 1. The SMILES string of the molecule is CC.COCCCOc1ccc(=O)[nH]c1. The summed E-state index contributed by atoms with van der Waals surface area (Å²) in [5.74, 6) is 0.677. The molecular weight excluding hydrogens is 194 g/mol. The third-order valence-corrected chi connectivity index (χ3v) is 1.52. The van der Waals surface area contributed by atoms with Gasteiger partial charge in [-0.3, -0.25) is 4.79 Å². The van der Waals surface area contributed by atoms with E-state index in [1.54, 1.807) is 19.4 Å². The van der Waals surface area contributed by atoms with Gasteiger partial charge in [0.2, 0.25) is 5.56 Å². The molecule has 86 valence electrons. The molecule has 1 rings (SSSR count). The van der Waals surface area contributed by atoms with Crippen LogP contribution in [-0.2, 0) is 4.74 Å². The van der Waals surface area contributed by atoms with Crippen LogP contribution in [0, 0.1) is 0 Å². The Morgan fingerprint density at radius 3 is 2.53 bits per heavy atom. The number of rotatable bonds is 5. The summed E-state index contributed by atoms with van der Waals surface area (Å²) in [6, 6.07) is 3.08. The Balaban J connectivity index is 0.000000921. The maximum absolute atomic E-state index is 10.7. The molecule has 1 heterocycles. The van der Waals surface area contributed by atoms with Crippen LogP contribution >= 0.6 is 0 Å². The van der Waals surface area contributed by atoms with Gasteiger partial charge in [-0.05, 0) is 6.07 Å². The van der Waals surface area contributed by atoms with Gasteiger partial charge in [0, 0.05) is 32.4 Å². The largest absolute Gasteiger partial charge is 0.492 e. The minimum Gasteiger partial charge on any atom is -0.492 e. The van der Waals surface area contributed by atoms with Gasteiger partial charge >= 0.3 is 0 Å². The van der Waals surface area contributed by atoms with Gasteiger partial charge in [0.25, 0.3) is 0 Å². The highest BCUT2D eigenvalue weighted by molar-refractivity contribution is 5.15. The smallest absolute Gasteiger partial charge is 0.248 e. The van der Waals surface area contributed by atoms with Crippen LogP contribution in [0.25, 0.3) is 0 Å². The fourth-order valence-electron chi connectivity index (χ4n) is 0.879. The second kappa shape index (κ2) is 9.27. The molecule has 4 nitrogen and oxygen atoms in total. The Hall–Kier alpha value is -1.29. The lowest BCUT2D eigenvalue weighted by atomic mass is 10.4. The Bertz CT molecular complexity index is 276. The molecule has 0 spiro atoms. The fraction of sp³-hybridized carbons (Fsp3) is 0.545. The standard InChI is InChI=1S/C9H13NO3.C2H6/c1-12-5-2-6-13-8-3-4-9(11)10-7-8;1-2/h3-4,7H,2,5-6H2,1H3,(H,10,11);1-2H3. The molecule has 0 fully saturated rings. The van der Waals surface area contributed by atoms with Crippen molar-refractivity contribution >= 4 is 0 Å². The Morgan fingerprint density at radius 2 is 2.00 bits per heavy atom. The number of H-pyrrole nitrogens is 1. The van der Waals surface area contributed by atoms with Crippen molar-refractivity contribution < 1.29 is 9.47 Å². The Labute approximate surface area is 90.2 Å². The van der Waals surface area contributed by atoms with Crippen LogP contribution in [0.15, 0.2) is 23.1 Å². The zero-order valence-electron chi connectivity index (χ0n) is 9.58. The lowest BCUT2D eigenvalue weighted by molar-refractivity contribution is 0.172. The number of ether oxygens (including phenoxy) is 2. The topological polar surface area (TPSA) is 51.3 Å². The average molecular weight is 213 g/mol. The van der Waals surface area contributed by atoms with Gasteiger partial charge in [-0.1, -0.05) is 13.8 Å². The molecule has 1 N–H and O–H groups in total. The van der Waals surface area contributed by atoms with Crippen molar-refractivity contribution in [2.24, 2.45) is 0 Å². The first kappa shape index (κ1) is 13.7. The minimum atomic E-state index is -0.121. The van der Waals surface area contributed by atoms with E-state index in [0.717, 1.165) is 6.42 Å². The summed E-state index contributed by atoms with van der Waals surface area (Å²) >= 11 is 0. The van der Waals surface area contributed by atoms with Crippen LogP contribution < -0.4 is 10.3 Å².